The smallest absolute Gasteiger partial charge is 0.119 e. The van der Waals surface area contributed by atoms with Gasteiger partial charge in [0.1, 0.15) is 5.54 Å². The Morgan fingerprint density at radius 1 is 1.56 bits per heavy atom. The van der Waals surface area contributed by atoms with E-state index >= 15 is 0 Å². The zero-order chi connectivity index (χ0) is 13.0. The van der Waals surface area contributed by atoms with E-state index in [0.29, 0.717) is 5.92 Å². The molecule has 1 unspecified atom stereocenters. The number of hydrogen-bond acceptors (Lipinski definition) is 3. The van der Waals surface area contributed by atoms with Crippen molar-refractivity contribution in [2.45, 2.75) is 30.2 Å². The summed E-state index contributed by atoms with van der Waals surface area (Å²) in [5.41, 5.74) is -0.346. The molecular formula is C14H17BrN2S. The van der Waals surface area contributed by atoms with Crippen molar-refractivity contribution < 1.29 is 0 Å². The van der Waals surface area contributed by atoms with Crippen molar-refractivity contribution in [1.82, 2.24) is 5.32 Å². The van der Waals surface area contributed by atoms with Crippen LogP contribution in [0.2, 0.25) is 0 Å². The van der Waals surface area contributed by atoms with Crippen molar-refractivity contribution in [1.29, 1.82) is 5.26 Å². The highest BCUT2D eigenvalue weighted by Crippen LogP contribution is 2.42. The summed E-state index contributed by atoms with van der Waals surface area (Å²) in [7, 11) is 0. The summed E-state index contributed by atoms with van der Waals surface area (Å²) in [6.07, 6.45) is 2.36. The van der Waals surface area contributed by atoms with Crippen molar-refractivity contribution in [2.75, 3.05) is 12.3 Å². The first-order chi connectivity index (χ1) is 8.70. The average Bonchev–Trinajstić information content (AvgIpc) is 3.19. The Bertz CT molecular complexity index is 453. The van der Waals surface area contributed by atoms with Crippen LogP contribution < -0.4 is 5.32 Å². The fraction of sp³-hybridized carbons (Fsp3) is 0.500. The molecule has 96 valence electrons. The molecule has 0 spiro atoms. The quantitative estimate of drug-likeness (QED) is 0.808. The average molecular weight is 325 g/mol. The van der Waals surface area contributed by atoms with Crippen molar-refractivity contribution >= 4 is 27.7 Å². The molecule has 1 N–H and O–H groups in total. The predicted octanol–water partition coefficient (Wildman–Crippen LogP) is 3.82. The van der Waals surface area contributed by atoms with Gasteiger partial charge in [-0.2, -0.15) is 5.26 Å². The molecule has 1 atom stereocenters. The summed E-state index contributed by atoms with van der Waals surface area (Å²) in [5, 5.41) is 12.9. The number of halogens is 1. The molecule has 1 fully saturated rings. The molecule has 2 nitrogen and oxygen atoms in total. The number of hydrogen-bond donors (Lipinski definition) is 1. The molecule has 0 radical (unpaired) electrons. The van der Waals surface area contributed by atoms with E-state index in [9.17, 15) is 5.26 Å². The molecule has 0 aromatic heterocycles. The molecule has 1 aliphatic carbocycles. The number of thioether (sulfide) groups is 1. The Kier molecular flexibility index (Phi) is 4.71. The molecule has 1 saturated carbocycles. The number of nitrogens with zero attached hydrogens (tertiary/aromatic N) is 1. The van der Waals surface area contributed by atoms with Gasteiger partial charge in [0.25, 0.3) is 0 Å². The molecular weight excluding hydrogens is 308 g/mol. The maximum atomic E-state index is 9.52. The molecule has 0 aliphatic heterocycles. The van der Waals surface area contributed by atoms with Crippen molar-refractivity contribution in [3.05, 3.63) is 28.7 Å². The standard InChI is InChI=1S/C14H17BrN2S/c1-2-17-14(9-16,11-6-7-11)10-18-13-5-3-4-12(15)8-13/h3-5,8,11,17H,2,6-7,10H2,1H3. The molecule has 1 aromatic carbocycles. The summed E-state index contributed by atoms with van der Waals surface area (Å²) in [6, 6.07) is 10.8. The summed E-state index contributed by atoms with van der Waals surface area (Å²) in [6.45, 7) is 2.92. The first-order valence-corrected chi connectivity index (χ1v) is 8.02. The van der Waals surface area contributed by atoms with Crippen LogP contribution in [0.15, 0.2) is 33.6 Å². The van der Waals surface area contributed by atoms with Crippen LogP contribution in [0, 0.1) is 17.2 Å². The van der Waals surface area contributed by atoms with Gasteiger partial charge in [0, 0.05) is 15.1 Å². The normalized spacial score (nSPS) is 18.1. The van der Waals surface area contributed by atoms with E-state index in [1.54, 1.807) is 11.8 Å². The number of benzene rings is 1. The van der Waals surface area contributed by atoms with Crippen LogP contribution in [0.5, 0.6) is 0 Å². The lowest BCUT2D eigenvalue weighted by Crippen LogP contribution is -2.48. The summed E-state index contributed by atoms with van der Waals surface area (Å²) < 4.78 is 1.09. The molecule has 2 rings (SSSR count). The van der Waals surface area contributed by atoms with Crippen LogP contribution >= 0.6 is 27.7 Å². The third-order valence-electron chi connectivity index (χ3n) is 3.23. The zero-order valence-electron chi connectivity index (χ0n) is 10.4. The number of rotatable bonds is 6. The monoisotopic (exact) mass is 324 g/mol. The molecule has 18 heavy (non-hydrogen) atoms. The Morgan fingerprint density at radius 2 is 2.33 bits per heavy atom. The Labute approximate surface area is 121 Å². The van der Waals surface area contributed by atoms with E-state index in [2.05, 4.69) is 46.4 Å². The predicted molar refractivity (Wildman–Crippen MR) is 79.6 cm³/mol. The first kappa shape index (κ1) is 13.9. The van der Waals surface area contributed by atoms with Crippen molar-refractivity contribution in [2.24, 2.45) is 5.92 Å². The zero-order valence-corrected chi connectivity index (χ0v) is 12.9. The molecule has 1 aromatic rings. The van der Waals surface area contributed by atoms with E-state index in [1.807, 2.05) is 12.1 Å². The third-order valence-corrected chi connectivity index (χ3v) is 4.91. The first-order valence-electron chi connectivity index (χ1n) is 6.25. The lowest BCUT2D eigenvalue weighted by Gasteiger charge is -2.27. The maximum absolute atomic E-state index is 9.52. The number of nitrogens with one attached hydrogen (secondary N) is 1. The summed E-state index contributed by atoms with van der Waals surface area (Å²) in [5.74, 6) is 1.35. The molecule has 1 aliphatic rings. The Morgan fingerprint density at radius 3 is 2.89 bits per heavy atom. The molecule has 4 heteroatoms. The second-order valence-corrected chi connectivity index (χ2v) is 6.60. The second kappa shape index (κ2) is 6.10. The largest absolute Gasteiger partial charge is 0.299 e. The van der Waals surface area contributed by atoms with E-state index in [1.165, 1.54) is 17.7 Å². The highest BCUT2D eigenvalue weighted by molar-refractivity contribution is 9.10. The lowest BCUT2D eigenvalue weighted by atomic mass is 9.98. The molecule has 0 heterocycles. The van der Waals surface area contributed by atoms with Gasteiger partial charge in [0.2, 0.25) is 0 Å². The van der Waals surface area contributed by atoms with Gasteiger partial charge in [-0.25, -0.2) is 0 Å². The van der Waals surface area contributed by atoms with Gasteiger partial charge < -0.3 is 0 Å². The van der Waals surface area contributed by atoms with Crippen molar-refractivity contribution in [3.63, 3.8) is 0 Å². The van der Waals surface area contributed by atoms with Crippen LogP contribution in [0.1, 0.15) is 19.8 Å². The van der Waals surface area contributed by atoms with Crippen LogP contribution in [0.25, 0.3) is 0 Å². The fourth-order valence-corrected chi connectivity index (χ4v) is 3.85. The van der Waals surface area contributed by atoms with Crippen LogP contribution in [-0.2, 0) is 0 Å². The lowest BCUT2D eigenvalue weighted by molar-refractivity contribution is 0.416. The van der Waals surface area contributed by atoms with Crippen LogP contribution in [0.3, 0.4) is 0 Å². The van der Waals surface area contributed by atoms with Crippen molar-refractivity contribution in [3.8, 4) is 6.07 Å². The minimum atomic E-state index is -0.346. The number of nitriles is 1. The van der Waals surface area contributed by atoms with Gasteiger partial charge in [-0.15, -0.1) is 11.8 Å². The minimum absolute atomic E-state index is 0.346. The SMILES string of the molecule is CCNC(C#N)(CSc1cccc(Br)c1)C1CC1. The van der Waals surface area contributed by atoms with Gasteiger partial charge >= 0.3 is 0 Å². The fourth-order valence-electron chi connectivity index (χ4n) is 2.12. The second-order valence-electron chi connectivity index (χ2n) is 4.63. The molecule has 0 saturated heterocycles. The highest BCUT2D eigenvalue weighted by atomic mass is 79.9. The Hall–Kier alpha value is -0.500. The Balaban J connectivity index is 2.04. The maximum Gasteiger partial charge on any atom is 0.119 e. The van der Waals surface area contributed by atoms with Gasteiger partial charge in [0.15, 0.2) is 0 Å². The van der Waals surface area contributed by atoms with Gasteiger partial charge in [-0.05, 0) is 43.5 Å². The summed E-state index contributed by atoms with van der Waals surface area (Å²) >= 11 is 5.24. The van der Waals surface area contributed by atoms with E-state index < -0.39 is 0 Å². The van der Waals surface area contributed by atoms with Gasteiger partial charge in [-0.3, -0.25) is 5.32 Å². The highest BCUT2D eigenvalue weighted by Gasteiger charge is 2.45. The van der Waals surface area contributed by atoms with Gasteiger partial charge in [0.05, 0.1) is 6.07 Å². The van der Waals surface area contributed by atoms with E-state index in [0.717, 1.165) is 16.8 Å². The third kappa shape index (κ3) is 3.28. The summed E-state index contributed by atoms with van der Waals surface area (Å²) in [4.78, 5) is 1.21. The molecule has 0 amide bonds. The topological polar surface area (TPSA) is 35.8 Å². The van der Waals surface area contributed by atoms with Gasteiger partial charge in [-0.1, -0.05) is 28.9 Å². The molecule has 0 bridgehead atoms. The van der Waals surface area contributed by atoms with Crippen LogP contribution in [0.4, 0.5) is 0 Å². The van der Waals surface area contributed by atoms with E-state index in [4.69, 9.17) is 0 Å². The van der Waals surface area contributed by atoms with E-state index in [-0.39, 0.29) is 5.54 Å². The minimum Gasteiger partial charge on any atom is -0.299 e. The van der Waals surface area contributed by atoms with Crippen LogP contribution in [-0.4, -0.2) is 17.8 Å².